The molecule has 1 rings (SSSR count). The largest absolute Gasteiger partial charge is 0.472 e. The summed E-state index contributed by atoms with van der Waals surface area (Å²) in [5.74, 6) is 1.32. The van der Waals surface area contributed by atoms with Gasteiger partial charge in [-0.15, -0.1) is 0 Å². The van der Waals surface area contributed by atoms with E-state index in [-0.39, 0.29) is 32.6 Å². The minimum Gasteiger partial charge on any atom is -0.466 e. The van der Waals surface area contributed by atoms with Crippen LogP contribution in [-0.4, -0.2) is 60.5 Å². The maximum absolute atomic E-state index is 12.6. The molecular weight excluding hydrogens is 794 g/mol. The number of ether oxygens (including phenoxy) is 2. The lowest BCUT2D eigenvalue weighted by Gasteiger charge is -2.20. The van der Waals surface area contributed by atoms with Crippen molar-refractivity contribution in [1.82, 2.24) is 0 Å². The highest BCUT2D eigenvalue weighted by atomic mass is 31.2. The Balaban J connectivity index is 2.28. The molecule has 0 aliphatic heterocycles. The van der Waals surface area contributed by atoms with Gasteiger partial charge < -0.3 is 29.6 Å². The third-order valence-electron chi connectivity index (χ3n) is 10.8. The number of nitrogens with two attached hydrogens (primary N) is 1. The van der Waals surface area contributed by atoms with Crippen LogP contribution in [0.2, 0.25) is 0 Å². The molecular formula is C49H86NO10P. The maximum Gasteiger partial charge on any atom is 0.472 e. The van der Waals surface area contributed by atoms with Crippen molar-refractivity contribution >= 4 is 19.8 Å². The van der Waals surface area contributed by atoms with Gasteiger partial charge in [-0.25, -0.2) is 4.57 Å². The van der Waals surface area contributed by atoms with E-state index >= 15 is 0 Å². The van der Waals surface area contributed by atoms with Crippen LogP contribution in [0.5, 0.6) is 0 Å². The van der Waals surface area contributed by atoms with E-state index in [9.17, 15) is 24.2 Å². The van der Waals surface area contributed by atoms with Crippen molar-refractivity contribution in [3.8, 4) is 0 Å². The zero-order valence-corrected chi connectivity index (χ0v) is 39.6. The van der Waals surface area contributed by atoms with Crippen LogP contribution in [0.15, 0.2) is 40.9 Å². The van der Waals surface area contributed by atoms with Gasteiger partial charge in [0.1, 0.15) is 18.1 Å². The van der Waals surface area contributed by atoms with Crippen LogP contribution in [0.1, 0.15) is 197 Å². The molecule has 61 heavy (non-hydrogen) atoms. The van der Waals surface area contributed by atoms with E-state index in [4.69, 9.17) is 28.7 Å². The standard InChI is InChI=1S/C49H86NO10P/c1-5-7-9-10-11-12-13-14-15-18-21-24-28-32-44(51)33-31-37-49(53)59-45(41-58-61(54,55)57-39-38-50)40-56-48(52)36-30-26-23-20-17-16-19-22-25-29-35-47-43(4)42(3)46(60-47)34-27-8-6-2/h14-15,21,24,28,32,44-45,51H,5-13,16-20,22-23,25-27,29-31,33-41,50H2,1-4H3,(H,54,55)/b15-14+,24-21+,32-28+/t44?,45-/m1/s1. The van der Waals surface area contributed by atoms with Crippen molar-refractivity contribution in [2.75, 3.05) is 26.4 Å². The third kappa shape index (κ3) is 31.9. The van der Waals surface area contributed by atoms with Crippen molar-refractivity contribution in [2.24, 2.45) is 5.73 Å². The molecule has 0 saturated carbocycles. The molecule has 0 spiro atoms. The summed E-state index contributed by atoms with van der Waals surface area (Å²) < 4.78 is 39.0. The normalized spacial score (nSPS) is 14.0. The van der Waals surface area contributed by atoms with Crippen molar-refractivity contribution in [3.63, 3.8) is 0 Å². The minimum atomic E-state index is -4.44. The Kier molecular flexibility index (Phi) is 35.2. The number of carbonyl (C=O) groups excluding carboxylic acids is 2. The number of unbranched alkanes of at least 4 members (excludes halogenated alkanes) is 17. The first kappa shape index (κ1) is 56.5. The van der Waals surface area contributed by atoms with Crippen molar-refractivity contribution in [2.45, 2.75) is 213 Å². The number of rotatable bonds is 41. The van der Waals surface area contributed by atoms with E-state index in [1.54, 1.807) is 12.2 Å². The molecule has 0 saturated heterocycles. The highest BCUT2D eigenvalue weighted by Crippen LogP contribution is 2.43. The smallest absolute Gasteiger partial charge is 0.466 e. The lowest BCUT2D eigenvalue weighted by molar-refractivity contribution is -0.161. The van der Waals surface area contributed by atoms with Gasteiger partial charge in [0.05, 0.1) is 19.3 Å². The lowest BCUT2D eigenvalue weighted by Crippen LogP contribution is -2.29. The lowest BCUT2D eigenvalue weighted by atomic mass is 10.0. The monoisotopic (exact) mass is 880 g/mol. The van der Waals surface area contributed by atoms with Crippen LogP contribution in [0.25, 0.3) is 0 Å². The predicted molar refractivity (Wildman–Crippen MR) is 247 cm³/mol. The number of hydrogen-bond donors (Lipinski definition) is 3. The fourth-order valence-electron chi connectivity index (χ4n) is 6.94. The van der Waals surface area contributed by atoms with E-state index in [2.05, 4.69) is 39.8 Å². The summed E-state index contributed by atoms with van der Waals surface area (Å²) in [5.41, 5.74) is 8.03. The molecule has 0 bridgehead atoms. The van der Waals surface area contributed by atoms with Crippen LogP contribution in [0.4, 0.5) is 0 Å². The van der Waals surface area contributed by atoms with Crippen molar-refractivity contribution in [3.05, 3.63) is 59.1 Å². The van der Waals surface area contributed by atoms with Gasteiger partial charge in [-0.05, 0) is 76.3 Å². The summed E-state index contributed by atoms with van der Waals surface area (Å²) in [7, 11) is -4.44. The molecule has 0 aliphatic rings. The van der Waals surface area contributed by atoms with E-state index < -0.39 is 38.6 Å². The van der Waals surface area contributed by atoms with Gasteiger partial charge >= 0.3 is 19.8 Å². The summed E-state index contributed by atoms with van der Waals surface area (Å²) >= 11 is 0. The molecule has 11 nitrogen and oxygen atoms in total. The second-order valence-corrected chi connectivity index (χ2v) is 17.9. The summed E-state index contributed by atoms with van der Waals surface area (Å²) in [5, 5.41) is 10.3. The number of aliphatic hydroxyl groups excluding tert-OH is 1. The number of allylic oxidation sites excluding steroid dienone is 5. The number of furan rings is 1. The fourth-order valence-corrected chi connectivity index (χ4v) is 7.71. The highest BCUT2D eigenvalue weighted by Gasteiger charge is 2.26. The first-order valence-corrected chi connectivity index (χ1v) is 25.4. The molecule has 3 atom stereocenters. The fraction of sp³-hybridized carbons (Fsp3) is 0.755. The van der Waals surface area contributed by atoms with Crippen LogP contribution >= 0.6 is 7.82 Å². The molecule has 4 N–H and O–H groups in total. The highest BCUT2D eigenvalue weighted by molar-refractivity contribution is 7.47. The summed E-state index contributed by atoms with van der Waals surface area (Å²) in [6.07, 6.45) is 37.4. The zero-order chi connectivity index (χ0) is 44.8. The molecule has 0 aromatic carbocycles. The Bertz CT molecular complexity index is 1390. The molecule has 352 valence electrons. The van der Waals surface area contributed by atoms with Gasteiger partial charge in [0.15, 0.2) is 6.10 Å². The molecule has 0 fully saturated rings. The first-order valence-electron chi connectivity index (χ1n) is 23.9. The molecule has 12 heteroatoms. The maximum atomic E-state index is 12.6. The molecule has 1 heterocycles. The van der Waals surface area contributed by atoms with Gasteiger partial charge in [0.25, 0.3) is 0 Å². The van der Waals surface area contributed by atoms with Crippen LogP contribution in [0.3, 0.4) is 0 Å². The number of esters is 2. The predicted octanol–water partition coefficient (Wildman–Crippen LogP) is 12.4. The Hall–Kier alpha value is -2.53. The van der Waals surface area contributed by atoms with Gasteiger partial charge in [-0.2, -0.15) is 0 Å². The van der Waals surface area contributed by atoms with E-state index in [0.29, 0.717) is 19.3 Å². The van der Waals surface area contributed by atoms with Gasteiger partial charge in [0, 0.05) is 32.2 Å². The van der Waals surface area contributed by atoms with Gasteiger partial charge in [0.2, 0.25) is 0 Å². The Morgan fingerprint density at radius 2 is 1.25 bits per heavy atom. The number of aliphatic hydroxyl groups is 1. The van der Waals surface area contributed by atoms with Crippen molar-refractivity contribution < 1.29 is 47.1 Å². The molecule has 0 aliphatic carbocycles. The van der Waals surface area contributed by atoms with Crippen LogP contribution in [-0.2, 0) is 45.5 Å². The summed E-state index contributed by atoms with van der Waals surface area (Å²) in [6, 6.07) is 0. The molecule has 0 amide bonds. The summed E-state index contributed by atoms with van der Waals surface area (Å²) in [6.45, 7) is 7.85. The average molecular weight is 880 g/mol. The van der Waals surface area contributed by atoms with E-state index in [0.717, 1.165) is 44.9 Å². The van der Waals surface area contributed by atoms with Crippen LogP contribution in [0, 0.1) is 13.8 Å². The average Bonchev–Trinajstić information content (AvgIpc) is 3.50. The van der Waals surface area contributed by atoms with Crippen molar-refractivity contribution in [1.29, 1.82) is 0 Å². The topological polar surface area (TPSA) is 168 Å². The van der Waals surface area contributed by atoms with E-state index in [1.165, 1.54) is 119 Å². The number of carbonyl (C=O) groups is 2. The number of hydrogen-bond acceptors (Lipinski definition) is 10. The number of phosphoric acid groups is 1. The minimum absolute atomic E-state index is 0.000289. The Morgan fingerprint density at radius 1 is 0.689 bits per heavy atom. The Labute approximate surface area is 370 Å². The van der Waals surface area contributed by atoms with Crippen LogP contribution < -0.4 is 5.73 Å². The molecule has 1 aromatic rings. The molecule has 2 unspecified atom stereocenters. The van der Waals surface area contributed by atoms with Gasteiger partial charge in [-0.1, -0.05) is 147 Å². The molecule has 0 radical (unpaired) electrons. The zero-order valence-electron chi connectivity index (χ0n) is 38.7. The SMILES string of the molecule is CCCCCCCC/C=C/C/C=C/C=C/C(O)CCCC(=O)O[C@H](COC(=O)CCCCCCCCCCCCc1oc(CCCCC)c(C)c1C)COP(=O)(O)OCCN. The number of aryl methyl sites for hydroxylation is 2. The van der Waals surface area contributed by atoms with Gasteiger partial charge in [-0.3, -0.25) is 18.6 Å². The number of phosphoric ester groups is 1. The molecule has 1 aromatic heterocycles. The van der Waals surface area contributed by atoms with E-state index in [1.807, 2.05) is 12.2 Å². The quantitative estimate of drug-likeness (QED) is 0.0188. The first-order chi connectivity index (χ1) is 29.5. The third-order valence-corrected chi connectivity index (χ3v) is 11.8. The second-order valence-electron chi connectivity index (χ2n) is 16.4. The second kappa shape index (κ2) is 38.0. The Morgan fingerprint density at radius 3 is 1.89 bits per heavy atom. The summed E-state index contributed by atoms with van der Waals surface area (Å²) in [4.78, 5) is 35.1.